The fourth-order valence-electron chi connectivity index (χ4n) is 7.64. The maximum absolute atomic E-state index is 11.0. The monoisotopic (exact) mass is 695 g/mol. The first kappa shape index (κ1) is 32.4. The Morgan fingerprint density at radius 1 is 0.679 bits per heavy atom. The molecule has 2 atom stereocenters. The lowest BCUT2D eigenvalue weighted by Crippen LogP contribution is -2.36. The van der Waals surface area contributed by atoms with Crippen molar-refractivity contribution in [3.8, 4) is 34.1 Å². The third kappa shape index (κ3) is 5.56. The molecule has 0 amide bonds. The molecular weight excluding hydrogens is 661 g/mol. The van der Waals surface area contributed by atoms with E-state index in [9.17, 15) is 20.4 Å². The molecule has 7 aromatic rings. The molecule has 0 saturated carbocycles. The summed E-state index contributed by atoms with van der Waals surface area (Å²) >= 11 is 0. The van der Waals surface area contributed by atoms with E-state index in [1.807, 2.05) is 60.7 Å². The molecule has 9 heteroatoms. The number of aliphatic imine (C=N–C) groups is 2. The first-order valence-corrected chi connectivity index (χ1v) is 17.7. The van der Waals surface area contributed by atoms with Gasteiger partial charge in [-0.3, -0.25) is 0 Å². The van der Waals surface area contributed by atoms with Gasteiger partial charge in [0.15, 0.2) is 17.7 Å². The molecule has 258 valence electrons. The van der Waals surface area contributed by atoms with Crippen LogP contribution in [0.15, 0.2) is 124 Å². The molecule has 0 spiro atoms. The van der Waals surface area contributed by atoms with Crippen molar-refractivity contribution in [1.82, 2.24) is 5.32 Å². The molecule has 1 aromatic heterocycles. The van der Waals surface area contributed by atoms with Crippen LogP contribution < -0.4 is 10.8 Å². The van der Waals surface area contributed by atoms with Crippen molar-refractivity contribution in [1.29, 1.82) is 0 Å². The third-order valence-corrected chi connectivity index (χ3v) is 10.4. The average molecular weight is 696 g/mol. The number of furan rings is 1. The highest BCUT2D eigenvalue weighted by Gasteiger charge is 2.30. The van der Waals surface area contributed by atoms with Gasteiger partial charge >= 0.3 is 0 Å². The number of benzene rings is 6. The Labute approximate surface area is 306 Å². The molecule has 1 aliphatic heterocycles. The molecular formula is C44H34BN3O5. The van der Waals surface area contributed by atoms with E-state index in [1.165, 1.54) is 24.0 Å². The Morgan fingerprint density at radius 2 is 1.36 bits per heavy atom. The smallest absolute Gasteiger partial charge is 0.200 e. The van der Waals surface area contributed by atoms with Gasteiger partial charge in [0.2, 0.25) is 5.75 Å². The van der Waals surface area contributed by atoms with Crippen LogP contribution >= 0.6 is 0 Å². The van der Waals surface area contributed by atoms with Crippen molar-refractivity contribution in [3.63, 3.8) is 0 Å². The second-order valence-electron chi connectivity index (χ2n) is 13.9. The summed E-state index contributed by atoms with van der Waals surface area (Å²) < 4.78 is 6.14. The van der Waals surface area contributed by atoms with Crippen molar-refractivity contribution < 1.29 is 24.8 Å². The van der Waals surface area contributed by atoms with Crippen LogP contribution in [0.4, 0.5) is 0 Å². The Hall–Kier alpha value is -6.48. The number of hydrogen-bond acceptors (Lipinski definition) is 8. The van der Waals surface area contributed by atoms with Gasteiger partial charge in [-0.2, -0.15) is 0 Å². The number of hydrogen-bond donors (Lipinski definition) is 5. The standard InChI is InChI=1S/C44H34BN3O5/c1-23-6-4-7-26(20-23)24-12-14-25(15-13-24)27-16-17-29-22-30(19-18-28(29)21-27)42-46-43(32-9-5-11-34-35(32)31-8-2-3-10-33(31)53-34)48-44(47-42)36-38(49)37(45)40(51)41(52)39(36)50/h2-3,5,8-23,43,49-52H,4,6-7H2,1H3,(H,46,47,48). The highest BCUT2D eigenvalue weighted by atomic mass is 16.3. The number of amidine groups is 2. The van der Waals surface area contributed by atoms with Crippen LogP contribution in [-0.2, 0) is 0 Å². The second-order valence-corrected chi connectivity index (χ2v) is 13.9. The summed E-state index contributed by atoms with van der Waals surface area (Å²) in [6.45, 7) is 2.28. The second kappa shape index (κ2) is 12.6. The zero-order chi connectivity index (χ0) is 36.4. The highest BCUT2D eigenvalue weighted by molar-refractivity contribution is 6.38. The molecule has 2 heterocycles. The van der Waals surface area contributed by atoms with Crippen LogP contribution in [0.25, 0.3) is 49.4 Å². The SMILES string of the molecule is [B]c1c(O)c(O)c(O)c(C2=NC(c3cccc4oc5ccccc5c34)N=C(c3ccc4cc(-c5ccc(C6=CC(C)CCC6)cc5)ccc4c3)N2)c1O. The fourth-order valence-corrected chi connectivity index (χ4v) is 7.64. The lowest BCUT2D eigenvalue weighted by molar-refractivity contribution is 0.363. The third-order valence-electron chi connectivity index (χ3n) is 10.4. The van der Waals surface area contributed by atoms with Crippen LogP contribution in [0.1, 0.15) is 54.6 Å². The number of nitrogens with zero attached hydrogens (tertiary/aromatic N) is 2. The van der Waals surface area contributed by atoms with Crippen LogP contribution in [0.5, 0.6) is 23.0 Å². The van der Waals surface area contributed by atoms with E-state index >= 15 is 0 Å². The minimum atomic E-state index is -0.875. The molecule has 2 aliphatic rings. The molecule has 2 radical (unpaired) electrons. The first-order chi connectivity index (χ1) is 25.7. The van der Waals surface area contributed by atoms with Gasteiger partial charge in [0.05, 0.1) is 0 Å². The van der Waals surface area contributed by atoms with Crippen LogP contribution in [-0.4, -0.2) is 39.9 Å². The summed E-state index contributed by atoms with van der Waals surface area (Å²) in [4.78, 5) is 9.86. The van der Waals surface area contributed by atoms with E-state index < -0.39 is 34.6 Å². The zero-order valence-electron chi connectivity index (χ0n) is 28.8. The lowest BCUT2D eigenvalue weighted by Gasteiger charge is -2.24. The van der Waals surface area contributed by atoms with Gasteiger partial charge < -0.3 is 30.2 Å². The van der Waals surface area contributed by atoms with Crippen molar-refractivity contribution in [2.45, 2.75) is 32.4 Å². The van der Waals surface area contributed by atoms with E-state index in [4.69, 9.17) is 22.2 Å². The summed E-state index contributed by atoms with van der Waals surface area (Å²) in [5.41, 5.74) is 7.02. The van der Waals surface area contributed by atoms with E-state index in [0.29, 0.717) is 22.9 Å². The predicted octanol–water partition coefficient (Wildman–Crippen LogP) is 8.72. The minimum absolute atomic E-state index is 0.000794. The fraction of sp³-hybridized carbons (Fsp3) is 0.136. The number of aromatic hydroxyl groups is 4. The van der Waals surface area contributed by atoms with Crippen LogP contribution in [0.3, 0.4) is 0 Å². The van der Waals surface area contributed by atoms with E-state index in [0.717, 1.165) is 50.2 Å². The Morgan fingerprint density at radius 3 is 2.15 bits per heavy atom. The number of phenolic OH excluding ortho intramolecular Hbond substituents is 4. The van der Waals surface area contributed by atoms with Gasteiger partial charge in [-0.05, 0) is 87.9 Å². The van der Waals surface area contributed by atoms with Crippen LogP contribution in [0, 0.1) is 5.92 Å². The van der Waals surface area contributed by atoms with Crippen molar-refractivity contribution in [3.05, 3.63) is 131 Å². The molecule has 2 unspecified atom stereocenters. The summed E-state index contributed by atoms with van der Waals surface area (Å²) in [6.07, 6.45) is 5.15. The molecule has 6 aromatic carbocycles. The maximum atomic E-state index is 11.0. The van der Waals surface area contributed by atoms with Crippen molar-refractivity contribution >= 4 is 63.3 Å². The molecule has 8 nitrogen and oxygen atoms in total. The van der Waals surface area contributed by atoms with E-state index in [-0.39, 0.29) is 11.4 Å². The quantitative estimate of drug-likeness (QED) is 0.0696. The average Bonchev–Trinajstić information content (AvgIpc) is 3.58. The maximum Gasteiger partial charge on any atom is 0.200 e. The van der Waals surface area contributed by atoms with Gasteiger partial charge in [0.1, 0.15) is 42.0 Å². The van der Waals surface area contributed by atoms with Gasteiger partial charge in [-0.1, -0.05) is 91.9 Å². The van der Waals surface area contributed by atoms with E-state index in [1.54, 1.807) is 0 Å². The number of nitrogens with one attached hydrogen (secondary N) is 1. The number of phenols is 4. The first-order valence-electron chi connectivity index (χ1n) is 17.7. The number of allylic oxidation sites excluding steroid dienone is 2. The van der Waals surface area contributed by atoms with Crippen molar-refractivity contribution in [2.24, 2.45) is 15.9 Å². The normalized spacial score (nSPS) is 17.4. The number of fused-ring (bicyclic) bond motifs is 4. The molecule has 0 saturated heterocycles. The minimum Gasteiger partial charge on any atom is -0.508 e. The number of rotatable bonds is 5. The molecule has 0 fully saturated rings. The predicted molar refractivity (Wildman–Crippen MR) is 212 cm³/mol. The summed E-state index contributed by atoms with van der Waals surface area (Å²) in [7, 11) is 5.94. The molecule has 1 aliphatic carbocycles. The van der Waals surface area contributed by atoms with Gasteiger partial charge in [0.25, 0.3) is 0 Å². The Kier molecular flexibility index (Phi) is 7.73. The van der Waals surface area contributed by atoms with E-state index in [2.05, 4.69) is 60.8 Å². The molecule has 9 rings (SSSR count). The lowest BCUT2D eigenvalue weighted by atomic mass is 9.87. The largest absolute Gasteiger partial charge is 0.508 e. The van der Waals surface area contributed by atoms with Crippen molar-refractivity contribution in [2.75, 3.05) is 0 Å². The van der Waals surface area contributed by atoms with Gasteiger partial charge in [-0.25, -0.2) is 9.98 Å². The number of para-hydroxylation sites is 1. The zero-order valence-corrected chi connectivity index (χ0v) is 28.8. The highest BCUT2D eigenvalue weighted by Crippen LogP contribution is 2.43. The van der Waals surface area contributed by atoms with Gasteiger partial charge in [-0.15, -0.1) is 0 Å². The Bertz CT molecular complexity index is 2680. The molecule has 0 bridgehead atoms. The Balaban J connectivity index is 1.12. The summed E-state index contributed by atoms with van der Waals surface area (Å²) in [5, 5.41) is 49.7. The molecule has 5 N–H and O–H groups in total. The summed E-state index contributed by atoms with van der Waals surface area (Å²) in [6, 6.07) is 34.5. The van der Waals surface area contributed by atoms with Crippen LogP contribution in [0.2, 0.25) is 0 Å². The molecule has 53 heavy (non-hydrogen) atoms. The van der Waals surface area contributed by atoms with Gasteiger partial charge in [0, 0.05) is 21.9 Å². The topological polar surface area (TPSA) is 131 Å². The summed E-state index contributed by atoms with van der Waals surface area (Å²) in [5.74, 6) is -2.10.